The van der Waals surface area contributed by atoms with E-state index >= 15 is 0 Å². The van der Waals surface area contributed by atoms with Crippen molar-refractivity contribution in [1.29, 1.82) is 0 Å². The number of nitrogens with zero attached hydrogens (tertiary/aromatic N) is 1. The standard InChI is InChI=1S/C21H25N3O2/c25-20(22-13-12-17-6-2-1-3-7-17)16-23-19-10-8-18(9-11-19)21(26)24-14-4-5-15-24/h1-3,6-11,23H,4-5,12-16H2,(H,22,25). The molecule has 0 radical (unpaired) electrons. The number of nitrogens with one attached hydrogen (secondary N) is 2. The van der Waals surface area contributed by atoms with Crippen molar-refractivity contribution in [3.63, 3.8) is 0 Å². The third-order valence-corrected chi connectivity index (χ3v) is 4.56. The molecule has 2 aromatic carbocycles. The van der Waals surface area contributed by atoms with E-state index in [0.717, 1.165) is 38.0 Å². The van der Waals surface area contributed by atoms with E-state index in [1.807, 2.05) is 47.4 Å². The van der Waals surface area contributed by atoms with Gasteiger partial charge in [0.15, 0.2) is 0 Å². The molecule has 2 aromatic rings. The van der Waals surface area contributed by atoms with Crippen LogP contribution in [-0.4, -0.2) is 42.9 Å². The Morgan fingerprint density at radius 1 is 0.923 bits per heavy atom. The quantitative estimate of drug-likeness (QED) is 0.806. The minimum atomic E-state index is -0.0434. The second-order valence-electron chi connectivity index (χ2n) is 6.52. The van der Waals surface area contributed by atoms with Crippen molar-refractivity contribution in [3.8, 4) is 0 Å². The number of carbonyl (C=O) groups is 2. The average molecular weight is 351 g/mol. The van der Waals surface area contributed by atoms with Crippen LogP contribution < -0.4 is 10.6 Å². The number of amides is 2. The van der Waals surface area contributed by atoms with Gasteiger partial charge in [0, 0.05) is 30.9 Å². The van der Waals surface area contributed by atoms with Gasteiger partial charge in [-0.1, -0.05) is 30.3 Å². The summed E-state index contributed by atoms with van der Waals surface area (Å²) in [4.78, 5) is 26.1. The first-order chi connectivity index (χ1) is 12.7. The van der Waals surface area contributed by atoms with E-state index in [0.29, 0.717) is 12.1 Å². The van der Waals surface area contributed by atoms with Gasteiger partial charge < -0.3 is 15.5 Å². The summed E-state index contributed by atoms with van der Waals surface area (Å²) in [5.74, 6) is 0.0471. The van der Waals surface area contributed by atoms with Gasteiger partial charge in [-0.25, -0.2) is 0 Å². The van der Waals surface area contributed by atoms with E-state index in [1.165, 1.54) is 5.56 Å². The Kier molecular flexibility index (Phi) is 6.25. The zero-order valence-corrected chi connectivity index (χ0v) is 14.9. The predicted molar refractivity (Wildman–Crippen MR) is 103 cm³/mol. The highest BCUT2D eigenvalue weighted by atomic mass is 16.2. The van der Waals surface area contributed by atoms with Crippen molar-refractivity contribution in [2.75, 3.05) is 31.5 Å². The van der Waals surface area contributed by atoms with E-state index in [9.17, 15) is 9.59 Å². The van der Waals surface area contributed by atoms with Crippen molar-refractivity contribution >= 4 is 17.5 Å². The molecular formula is C21H25N3O2. The zero-order valence-electron chi connectivity index (χ0n) is 14.9. The van der Waals surface area contributed by atoms with Gasteiger partial charge in [0.25, 0.3) is 5.91 Å². The van der Waals surface area contributed by atoms with Crippen LogP contribution in [0.4, 0.5) is 5.69 Å². The Morgan fingerprint density at radius 3 is 2.31 bits per heavy atom. The number of carbonyl (C=O) groups excluding carboxylic acids is 2. The number of rotatable bonds is 7. The van der Waals surface area contributed by atoms with Crippen LogP contribution in [0.3, 0.4) is 0 Å². The summed E-state index contributed by atoms with van der Waals surface area (Å²) < 4.78 is 0. The van der Waals surface area contributed by atoms with Gasteiger partial charge in [-0.2, -0.15) is 0 Å². The zero-order chi connectivity index (χ0) is 18.2. The van der Waals surface area contributed by atoms with Gasteiger partial charge in [-0.05, 0) is 49.1 Å². The van der Waals surface area contributed by atoms with Crippen molar-refractivity contribution < 1.29 is 9.59 Å². The Balaban J connectivity index is 1.40. The highest BCUT2D eigenvalue weighted by molar-refractivity contribution is 5.94. The molecule has 1 aliphatic rings. The molecule has 1 saturated heterocycles. The molecule has 0 aromatic heterocycles. The number of likely N-dealkylation sites (tertiary alicyclic amines) is 1. The number of hydrogen-bond donors (Lipinski definition) is 2. The van der Waals surface area contributed by atoms with E-state index in [-0.39, 0.29) is 18.4 Å². The third-order valence-electron chi connectivity index (χ3n) is 4.56. The minimum absolute atomic E-state index is 0.0434. The van der Waals surface area contributed by atoms with Gasteiger partial charge in [0.1, 0.15) is 0 Å². The summed E-state index contributed by atoms with van der Waals surface area (Å²) in [5.41, 5.74) is 2.74. The average Bonchev–Trinajstić information content (AvgIpc) is 3.22. The van der Waals surface area contributed by atoms with Crippen LogP contribution in [0.1, 0.15) is 28.8 Å². The molecule has 26 heavy (non-hydrogen) atoms. The summed E-state index contributed by atoms with van der Waals surface area (Å²) in [5, 5.41) is 6.00. The summed E-state index contributed by atoms with van der Waals surface area (Å²) in [7, 11) is 0. The Hall–Kier alpha value is -2.82. The SMILES string of the molecule is O=C(CNc1ccc(C(=O)N2CCCC2)cc1)NCCc1ccccc1. The second kappa shape index (κ2) is 9.04. The lowest BCUT2D eigenvalue weighted by Gasteiger charge is -2.15. The largest absolute Gasteiger partial charge is 0.376 e. The summed E-state index contributed by atoms with van der Waals surface area (Å²) >= 11 is 0. The minimum Gasteiger partial charge on any atom is -0.376 e. The molecule has 0 aliphatic carbocycles. The first-order valence-corrected chi connectivity index (χ1v) is 9.16. The maximum Gasteiger partial charge on any atom is 0.253 e. The third kappa shape index (κ3) is 5.09. The van der Waals surface area contributed by atoms with Crippen molar-refractivity contribution in [2.24, 2.45) is 0 Å². The lowest BCUT2D eigenvalue weighted by molar-refractivity contribution is -0.119. The Labute approximate surface area is 154 Å². The molecule has 136 valence electrons. The maximum absolute atomic E-state index is 12.3. The first-order valence-electron chi connectivity index (χ1n) is 9.16. The molecule has 0 atom stereocenters. The second-order valence-corrected chi connectivity index (χ2v) is 6.52. The molecule has 0 saturated carbocycles. The monoisotopic (exact) mass is 351 g/mol. The van der Waals surface area contributed by atoms with Crippen LogP contribution in [0.2, 0.25) is 0 Å². The molecule has 2 amide bonds. The lowest BCUT2D eigenvalue weighted by Crippen LogP contribution is -2.31. The van der Waals surface area contributed by atoms with E-state index < -0.39 is 0 Å². The van der Waals surface area contributed by atoms with Crippen LogP contribution in [-0.2, 0) is 11.2 Å². The van der Waals surface area contributed by atoms with Crippen LogP contribution >= 0.6 is 0 Å². The highest BCUT2D eigenvalue weighted by Crippen LogP contribution is 2.15. The molecule has 1 aliphatic heterocycles. The Morgan fingerprint density at radius 2 is 1.62 bits per heavy atom. The molecule has 5 heteroatoms. The van der Waals surface area contributed by atoms with E-state index in [2.05, 4.69) is 22.8 Å². The fourth-order valence-electron chi connectivity index (χ4n) is 3.07. The smallest absolute Gasteiger partial charge is 0.253 e. The molecule has 3 rings (SSSR count). The molecule has 0 bridgehead atoms. The van der Waals surface area contributed by atoms with Gasteiger partial charge in [0.2, 0.25) is 5.91 Å². The number of benzene rings is 2. The van der Waals surface area contributed by atoms with Crippen LogP contribution in [0.15, 0.2) is 54.6 Å². The van der Waals surface area contributed by atoms with Crippen LogP contribution in [0, 0.1) is 0 Å². The highest BCUT2D eigenvalue weighted by Gasteiger charge is 2.19. The fourth-order valence-corrected chi connectivity index (χ4v) is 3.07. The molecule has 0 spiro atoms. The van der Waals surface area contributed by atoms with Gasteiger partial charge in [-0.15, -0.1) is 0 Å². The summed E-state index contributed by atoms with van der Waals surface area (Å²) in [6, 6.07) is 17.4. The van der Waals surface area contributed by atoms with Crippen molar-refractivity contribution in [3.05, 3.63) is 65.7 Å². The van der Waals surface area contributed by atoms with Gasteiger partial charge >= 0.3 is 0 Å². The molecular weight excluding hydrogens is 326 g/mol. The topological polar surface area (TPSA) is 61.4 Å². The van der Waals surface area contributed by atoms with Gasteiger partial charge in [-0.3, -0.25) is 9.59 Å². The lowest BCUT2D eigenvalue weighted by atomic mass is 10.1. The van der Waals surface area contributed by atoms with Crippen LogP contribution in [0.5, 0.6) is 0 Å². The molecule has 0 unspecified atom stereocenters. The molecule has 2 N–H and O–H groups in total. The maximum atomic E-state index is 12.3. The van der Waals surface area contributed by atoms with E-state index in [4.69, 9.17) is 0 Å². The fraction of sp³-hybridized carbons (Fsp3) is 0.333. The predicted octanol–water partition coefficient (Wildman–Crippen LogP) is 2.69. The van der Waals surface area contributed by atoms with Gasteiger partial charge in [0.05, 0.1) is 6.54 Å². The molecule has 5 nitrogen and oxygen atoms in total. The number of hydrogen-bond acceptors (Lipinski definition) is 3. The molecule has 1 fully saturated rings. The van der Waals surface area contributed by atoms with Crippen LogP contribution in [0.25, 0.3) is 0 Å². The first kappa shape index (κ1) is 18.0. The van der Waals surface area contributed by atoms with Crippen molar-refractivity contribution in [1.82, 2.24) is 10.2 Å². The summed E-state index contributed by atoms with van der Waals surface area (Å²) in [6.07, 6.45) is 3.00. The normalized spacial score (nSPS) is 13.5. The molecule has 1 heterocycles. The summed E-state index contributed by atoms with van der Waals surface area (Å²) in [6.45, 7) is 2.53. The Bertz CT molecular complexity index is 723. The van der Waals surface area contributed by atoms with E-state index in [1.54, 1.807) is 0 Å². The number of anilines is 1. The van der Waals surface area contributed by atoms with Crippen molar-refractivity contribution in [2.45, 2.75) is 19.3 Å².